The quantitative estimate of drug-likeness (QED) is 0.214. The number of fused-ring (bicyclic) bond motifs is 1. The molecule has 5 rings (SSSR count). The van der Waals surface area contributed by atoms with Crippen molar-refractivity contribution >= 4 is 32.4 Å². The summed E-state index contributed by atoms with van der Waals surface area (Å²) in [5.74, 6) is -0.0688. The standard InChI is InChI=1S/C29H33N5O3S/c1-33-16-18-34(19-17-33)23-12-13-25-26(21-31-27(25)20-23)29(35)28(22-8-4-2-5-9-22)30-14-15-32-38(36,37)24-10-6-3-7-11-24/h2-13,20-21,28,30-32H,14-19H2,1H3/t28-/m1/s1. The van der Waals surface area contributed by atoms with Gasteiger partial charge in [-0.05, 0) is 36.9 Å². The molecule has 38 heavy (non-hydrogen) atoms. The Kier molecular flexibility index (Phi) is 7.90. The molecule has 0 unspecified atom stereocenters. The van der Waals surface area contributed by atoms with Crippen LogP contribution in [0.25, 0.3) is 10.9 Å². The van der Waals surface area contributed by atoms with Crippen LogP contribution in [0.15, 0.2) is 90.0 Å². The Labute approximate surface area is 223 Å². The van der Waals surface area contributed by atoms with Crippen LogP contribution in [0.5, 0.6) is 0 Å². The van der Waals surface area contributed by atoms with Crippen LogP contribution < -0.4 is 14.9 Å². The van der Waals surface area contributed by atoms with Crippen molar-refractivity contribution in [2.45, 2.75) is 10.9 Å². The van der Waals surface area contributed by atoms with Gasteiger partial charge in [0.05, 0.1) is 10.9 Å². The first-order chi connectivity index (χ1) is 18.4. The number of benzene rings is 3. The maximum Gasteiger partial charge on any atom is 0.240 e. The molecule has 3 N–H and O–H groups in total. The predicted molar refractivity (Wildman–Crippen MR) is 151 cm³/mol. The Balaban J connectivity index is 1.31. The minimum Gasteiger partial charge on any atom is -0.369 e. The highest BCUT2D eigenvalue weighted by molar-refractivity contribution is 7.89. The van der Waals surface area contributed by atoms with E-state index in [2.05, 4.69) is 44.0 Å². The first kappa shape index (κ1) is 26.1. The van der Waals surface area contributed by atoms with Crippen molar-refractivity contribution in [2.75, 3.05) is 51.2 Å². The van der Waals surface area contributed by atoms with Gasteiger partial charge >= 0.3 is 0 Å². The Morgan fingerprint density at radius 1 is 0.921 bits per heavy atom. The number of sulfonamides is 1. The van der Waals surface area contributed by atoms with Crippen LogP contribution in [0, 0.1) is 0 Å². The SMILES string of the molecule is CN1CCN(c2ccc3c(C(=O)[C@H](NCCNS(=O)(=O)c4ccccc4)c4ccccc4)c[nH]c3c2)CC1. The second-order valence-corrected chi connectivity index (χ2v) is 11.4. The van der Waals surface area contributed by atoms with Gasteiger partial charge in [-0.25, -0.2) is 13.1 Å². The van der Waals surface area contributed by atoms with E-state index in [9.17, 15) is 13.2 Å². The number of hydrogen-bond acceptors (Lipinski definition) is 6. The molecule has 1 aliphatic heterocycles. The third kappa shape index (κ3) is 5.81. The number of rotatable bonds is 10. The first-order valence-corrected chi connectivity index (χ1v) is 14.3. The Morgan fingerprint density at radius 3 is 2.32 bits per heavy atom. The average molecular weight is 532 g/mol. The van der Waals surface area contributed by atoms with Crippen molar-refractivity contribution in [3.63, 3.8) is 0 Å². The number of carbonyl (C=O) groups excluding carboxylic acids is 1. The van der Waals surface area contributed by atoms with Crippen LogP contribution in [0.2, 0.25) is 0 Å². The minimum absolute atomic E-state index is 0.0688. The van der Waals surface area contributed by atoms with Gasteiger partial charge in [-0.3, -0.25) is 4.79 Å². The van der Waals surface area contributed by atoms with E-state index in [1.807, 2.05) is 36.4 Å². The Morgan fingerprint density at radius 2 is 1.61 bits per heavy atom. The number of anilines is 1. The van der Waals surface area contributed by atoms with Gasteiger partial charge in [-0.15, -0.1) is 0 Å². The Bertz CT molecular complexity index is 1480. The number of aromatic amines is 1. The molecule has 2 heterocycles. The molecule has 9 heteroatoms. The summed E-state index contributed by atoms with van der Waals surface area (Å²) in [6, 6.07) is 23.4. The highest BCUT2D eigenvalue weighted by atomic mass is 32.2. The topological polar surface area (TPSA) is 97.5 Å². The van der Waals surface area contributed by atoms with E-state index < -0.39 is 16.1 Å². The van der Waals surface area contributed by atoms with Crippen LogP contribution in [0.3, 0.4) is 0 Å². The molecule has 0 spiro atoms. The highest BCUT2D eigenvalue weighted by Crippen LogP contribution is 2.28. The molecule has 0 radical (unpaired) electrons. The second-order valence-electron chi connectivity index (χ2n) is 9.60. The van der Waals surface area contributed by atoms with Crippen molar-refractivity contribution < 1.29 is 13.2 Å². The monoisotopic (exact) mass is 531 g/mol. The summed E-state index contributed by atoms with van der Waals surface area (Å²) in [7, 11) is -1.48. The van der Waals surface area contributed by atoms with E-state index in [4.69, 9.17) is 0 Å². The molecule has 0 bridgehead atoms. The summed E-state index contributed by atoms with van der Waals surface area (Å²) in [6.07, 6.45) is 1.77. The van der Waals surface area contributed by atoms with E-state index >= 15 is 0 Å². The van der Waals surface area contributed by atoms with Gasteiger partial charge in [-0.1, -0.05) is 54.6 Å². The zero-order valence-corrected chi connectivity index (χ0v) is 22.2. The van der Waals surface area contributed by atoms with E-state index in [0.717, 1.165) is 48.3 Å². The van der Waals surface area contributed by atoms with Gasteiger partial charge in [0.15, 0.2) is 5.78 Å². The highest BCUT2D eigenvalue weighted by Gasteiger charge is 2.25. The van der Waals surface area contributed by atoms with Crippen molar-refractivity contribution in [3.05, 3.63) is 96.2 Å². The van der Waals surface area contributed by atoms with E-state index in [-0.39, 0.29) is 23.8 Å². The Hall–Kier alpha value is -3.50. The average Bonchev–Trinajstić information content (AvgIpc) is 3.37. The fraction of sp³-hybridized carbons (Fsp3) is 0.276. The molecule has 1 fully saturated rings. The maximum absolute atomic E-state index is 13.8. The van der Waals surface area contributed by atoms with Gasteiger partial charge in [0.1, 0.15) is 0 Å². The largest absolute Gasteiger partial charge is 0.369 e. The minimum atomic E-state index is -3.62. The summed E-state index contributed by atoms with van der Waals surface area (Å²) in [5.41, 5.74) is 3.50. The molecule has 1 aromatic heterocycles. The third-order valence-electron chi connectivity index (χ3n) is 7.01. The van der Waals surface area contributed by atoms with Crippen molar-refractivity contribution in [1.29, 1.82) is 0 Å². The number of piperazine rings is 1. The zero-order valence-electron chi connectivity index (χ0n) is 21.4. The third-order valence-corrected chi connectivity index (χ3v) is 8.49. The van der Waals surface area contributed by atoms with Crippen LogP contribution in [-0.4, -0.2) is 70.4 Å². The van der Waals surface area contributed by atoms with Crippen LogP contribution >= 0.6 is 0 Å². The number of likely N-dealkylation sites (N-methyl/N-ethyl adjacent to an activating group) is 1. The van der Waals surface area contributed by atoms with Gasteiger partial charge in [-0.2, -0.15) is 0 Å². The van der Waals surface area contributed by atoms with Crippen molar-refractivity contribution in [1.82, 2.24) is 19.9 Å². The summed E-state index contributed by atoms with van der Waals surface area (Å²) in [6.45, 7) is 4.44. The molecule has 4 aromatic rings. The molecule has 3 aromatic carbocycles. The number of ketones is 1. The number of hydrogen-bond donors (Lipinski definition) is 3. The summed E-state index contributed by atoms with van der Waals surface area (Å²) >= 11 is 0. The van der Waals surface area contributed by atoms with Crippen molar-refractivity contribution in [2.24, 2.45) is 0 Å². The molecule has 0 amide bonds. The molecule has 0 aliphatic carbocycles. The second kappa shape index (κ2) is 11.5. The van der Waals surface area contributed by atoms with Gasteiger partial charge in [0.25, 0.3) is 0 Å². The number of nitrogens with zero attached hydrogens (tertiary/aromatic N) is 2. The maximum atomic E-state index is 13.8. The number of H-pyrrole nitrogens is 1. The van der Waals surface area contributed by atoms with E-state index in [0.29, 0.717) is 5.56 Å². The molecule has 0 saturated carbocycles. The van der Waals surface area contributed by atoms with Gasteiger partial charge in [0, 0.05) is 67.6 Å². The molecule has 1 atom stereocenters. The van der Waals surface area contributed by atoms with E-state index in [1.54, 1.807) is 36.5 Å². The summed E-state index contributed by atoms with van der Waals surface area (Å²) in [5, 5.41) is 4.15. The molecule has 198 valence electrons. The summed E-state index contributed by atoms with van der Waals surface area (Å²) < 4.78 is 27.7. The molecule has 1 aliphatic rings. The predicted octanol–water partition coefficient (Wildman–Crippen LogP) is 3.41. The molecular formula is C29H33N5O3S. The molecule has 8 nitrogen and oxygen atoms in total. The fourth-order valence-corrected chi connectivity index (χ4v) is 5.88. The smallest absolute Gasteiger partial charge is 0.240 e. The first-order valence-electron chi connectivity index (χ1n) is 12.8. The molecule has 1 saturated heterocycles. The van der Waals surface area contributed by atoms with Crippen LogP contribution in [-0.2, 0) is 10.0 Å². The van der Waals surface area contributed by atoms with Crippen LogP contribution in [0.1, 0.15) is 22.0 Å². The zero-order chi connectivity index (χ0) is 26.5. The van der Waals surface area contributed by atoms with Crippen LogP contribution in [0.4, 0.5) is 5.69 Å². The van der Waals surface area contributed by atoms with Gasteiger partial charge in [0.2, 0.25) is 10.0 Å². The lowest BCUT2D eigenvalue weighted by atomic mass is 9.97. The number of Topliss-reactive ketones (excluding diaryl/α,β-unsaturated/α-hetero) is 1. The van der Waals surface area contributed by atoms with Crippen molar-refractivity contribution in [3.8, 4) is 0 Å². The lowest BCUT2D eigenvalue weighted by Gasteiger charge is -2.34. The number of nitrogens with one attached hydrogen (secondary N) is 3. The summed E-state index contributed by atoms with van der Waals surface area (Å²) in [4.78, 5) is 22.0. The van der Waals surface area contributed by atoms with Gasteiger partial charge < -0.3 is 20.1 Å². The normalized spacial score (nSPS) is 15.6. The van der Waals surface area contributed by atoms with E-state index in [1.165, 1.54) is 0 Å². The number of aromatic nitrogens is 1. The fourth-order valence-electron chi connectivity index (χ4n) is 4.83. The lowest BCUT2D eigenvalue weighted by Crippen LogP contribution is -2.44. The lowest BCUT2D eigenvalue weighted by molar-refractivity contribution is 0.0945. The molecular weight excluding hydrogens is 498 g/mol. The number of carbonyl (C=O) groups is 1.